The van der Waals surface area contributed by atoms with E-state index in [1.165, 1.54) is 0 Å². The predicted octanol–water partition coefficient (Wildman–Crippen LogP) is 3.25. The Balaban J connectivity index is 2.18. The van der Waals surface area contributed by atoms with Crippen molar-refractivity contribution in [3.05, 3.63) is 65.2 Å². The van der Waals surface area contributed by atoms with Crippen LogP contribution in [0.15, 0.2) is 48.5 Å². The molecule has 0 bridgehead atoms. The average Bonchev–Trinajstić information content (AvgIpc) is 2.31. The Kier molecular flexibility index (Phi) is 3.90. The van der Waals surface area contributed by atoms with Crippen LogP contribution in [-0.4, -0.2) is 8.42 Å². The fourth-order valence-electron chi connectivity index (χ4n) is 1.90. The molecule has 2 aromatic carbocycles. The van der Waals surface area contributed by atoms with Gasteiger partial charge in [0, 0.05) is 5.69 Å². The summed E-state index contributed by atoms with van der Waals surface area (Å²) >= 11 is 0. The molecule has 0 aliphatic carbocycles. The van der Waals surface area contributed by atoms with Crippen LogP contribution in [0.5, 0.6) is 0 Å². The van der Waals surface area contributed by atoms with Gasteiger partial charge < -0.3 is 0 Å². The molecule has 0 aromatic heterocycles. The van der Waals surface area contributed by atoms with Gasteiger partial charge in [0.1, 0.15) is 0 Å². The first-order valence-corrected chi connectivity index (χ1v) is 7.73. The largest absolute Gasteiger partial charge is 0.283 e. The van der Waals surface area contributed by atoms with Crippen molar-refractivity contribution >= 4 is 15.7 Å². The summed E-state index contributed by atoms with van der Waals surface area (Å²) in [4.78, 5) is 0. The summed E-state index contributed by atoms with van der Waals surface area (Å²) in [7, 11) is -3.38. The molecular weight excluding hydrogens is 258 g/mol. The summed E-state index contributed by atoms with van der Waals surface area (Å²) < 4.78 is 26.9. The lowest BCUT2D eigenvalue weighted by molar-refractivity contribution is 0.600. The fourth-order valence-corrected chi connectivity index (χ4v) is 3.19. The second kappa shape index (κ2) is 5.45. The zero-order valence-electron chi connectivity index (χ0n) is 11.1. The van der Waals surface area contributed by atoms with Crippen molar-refractivity contribution in [2.24, 2.45) is 0 Å². The number of hydrogen-bond acceptors (Lipinski definition) is 2. The Morgan fingerprint density at radius 2 is 1.74 bits per heavy atom. The van der Waals surface area contributed by atoms with Gasteiger partial charge in [0.15, 0.2) is 0 Å². The van der Waals surface area contributed by atoms with E-state index in [0.717, 1.165) is 16.7 Å². The number of nitrogens with one attached hydrogen (secondary N) is 1. The predicted molar refractivity (Wildman–Crippen MR) is 78.6 cm³/mol. The Morgan fingerprint density at radius 3 is 2.42 bits per heavy atom. The summed E-state index contributed by atoms with van der Waals surface area (Å²) in [5.74, 6) is -0.00633. The maximum absolute atomic E-state index is 12.1. The van der Waals surface area contributed by atoms with Crippen molar-refractivity contribution in [2.45, 2.75) is 19.6 Å². The van der Waals surface area contributed by atoms with Crippen molar-refractivity contribution < 1.29 is 8.42 Å². The Labute approximate surface area is 114 Å². The average molecular weight is 275 g/mol. The number of hydrogen-bond donors (Lipinski definition) is 1. The van der Waals surface area contributed by atoms with Gasteiger partial charge in [0.2, 0.25) is 10.0 Å². The van der Waals surface area contributed by atoms with Crippen LogP contribution >= 0.6 is 0 Å². The first kappa shape index (κ1) is 13.6. The molecule has 0 fully saturated rings. The van der Waals surface area contributed by atoms with Crippen LogP contribution in [0, 0.1) is 13.8 Å². The van der Waals surface area contributed by atoms with Crippen LogP contribution in [0.25, 0.3) is 0 Å². The smallest absolute Gasteiger partial charge is 0.236 e. The third-order valence-corrected chi connectivity index (χ3v) is 4.14. The van der Waals surface area contributed by atoms with E-state index >= 15 is 0 Å². The van der Waals surface area contributed by atoms with E-state index in [4.69, 9.17) is 0 Å². The monoisotopic (exact) mass is 275 g/mol. The van der Waals surface area contributed by atoms with Gasteiger partial charge in [-0.2, -0.15) is 0 Å². The maximum atomic E-state index is 12.1. The summed E-state index contributed by atoms with van der Waals surface area (Å²) in [6, 6.07) is 14.8. The highest BCUT2D eigenvalue weighted by atomic mass is 32.2. The second-order valence-electron chi connectivity index (χ2n) is 4.66. The maximum Gasteiger partial charge on any atom is 0.236 e. The number of aryl methyl sites for hydroxylation is 2. The molecule has 4 heteroatoms. The molecule has 2 aromatic rings. The van der Waals surface area contributed by atoms with E-state index < -0.39 is 10.0 Å². The molecule has 19 heavy (non-hydrogen) atoms. The Hall–Kier alpha value is -1.81. The quantitative estimate of drug-likeness (QED) is 0.931. The molecule has 2 rings (SSSR count). The van der Waals surface area contributed by atoms with Gasteiger partial charge in [-0.15, -0.1) is 0 Å². The molecule has 0 spiro atoms. The van der Waals surface area contributed by atoms with E-state index in [2.05, 4.69) is 4.72 Å². The minimum atomic E-state index is -3.38. The van der Waals surface area contributed by atoms with Crippen LogP contribution in [-0.2, 0) is 15.8 Å². The minimum Gasteiger partial charge on any atom is -0.283 e. The van der Waals surface area contributed by atoms with Crippen molar-refractivity contribution in [2.75, 3.05) is 4.72 Å². The van der Waals surface area contributed by atoms with Crippen LogP contribution in [0.3, 0.4) is 0 Å². The van der Waals surface area contributed by atoms with Gasteiger partial charge in [-0.3, -0.25) is 4.72 Å². The third-order valence-electron chi connectivity index (χ3n) is 2.90. The molecule has 0 radical (unpaired) electrons. The van der Waals surface area contributed by atoms with Gasteiger partial charge in [0.25, 0.3) is 0 Å². The van der Waals surface area contributed by atoms with Gasteiger partial charge in [-0.1, -0.05) is 36.4 Å². The topological polar surface area (TPSA) is 46.2 Å². The number of rotatable bonds is 4. The molecule has 0 saturated heterocycles. The van der Waals surface area contributed by atoms with E-state index in [1.807, 2.05) is 56.3 Å². The van der Waals surface area contributed by atoms with E-state index in [9.17, 15) is 8.42 Å². The van der Waals surface area contributed by atoms with Gasteiger partial charge in [-0.05, 0) is 42.7 Å². The molecule has 0 unspecified atom stereocenters. The molecule has 0 atom stereocenters. The van der Waals surface area contributed by atoms with Crippen molar-refractivity contribution in [3.63, 3.8) is 0 Å². The first-order chi connectivity index (χ1) is 8.96. The SMILES string of the molecule is Cc1cccc(NS(=O)(=O)Cc2ccccc2C)c1. The van der Waals surface area contributed by atoms with Gasteiger partial charge >= 0.3 is 0 Å². The molecular formula is C15H17NO2S. The molecule has 0 heterocycles. The Bertz CT molecular complexity index is 678. The molecule has 0 amide bonds. The third kappa shape index (κ3) is 3.83. The van der Waals surface area contributed by atoms with Crippen LogP contribution in [0.2, 0.25) is 0 Å². The zero-order valence-corrected chi connectivity index (χ0v) is 11.9. The van der Waals surface area contributed by atoms with Crippen molar-refractivity contribution in [1.29, 1.82) is 0 Å². The van der Waals surface area contributed by atoms with Crippen LogP contribution in [0.1, 0.15) is 16.7 Å². The summed E-state index contributed by atoms with van der Waals surface area (Å²) in [6.07, 6.45) is 0. The summed E-state index contributed by atoms with van der Waals surface area (Å²) in [5.41, 5.74) is 3.43. The van der Waals surface area contributed by atoms with Crippen molar-refractivity contribution in [3.8, 4) is 0 Å². The van der Waals surface area contributed by atoms with E-state index in [0.29, 0.717) is 5.69 Å². The Morgan fingerprint density at radius 1 is 1.00 bits per heavy atom. The van der Waals surface area contributed by atoms with Crippen LogP contribution in [0.4, 0.5) is 5.69 Å². The number of benzene rings is 2. The molecule has 0 aliphatic rings. The lowest BCUT2D eigenvalue weighted by Gasteiger charge is -2.10. The summed E-state index contributed by atoms with van der Waals surface area (Å²) in [6.45, 7) is 3.84. The molecule has 3 nitrogen and oxygen atoms in total. The lowest BCUT2D eigenvalue weighted by Crippen LogP contribution is -2.15. The highest BCUT2D eigenvalue weighted by molar-refractivity contribution is 7.91. The first-order valence-electron chi connectivity index (χ1n) is 6.08. The van der Waals surface area contributed by atoms with E-state index in [1.54, 1.807) is 6.07 Å². The fraction of sp³-hybridized carbons (Fsp3) is 0.200. The van der Waals surface area contributed by atoms with Crippen LogP contribution < -0.4 is 4.72 Å². The highest BCUT2D eigenvalue weighted by Crippen LogP contribution is 2.16. The molecule has 0 aliphatic heterocycles. The zero-order chi connectivity index (χ0) is 13.9. The number of sulfonamides is 1. The van der Waals surface area contributed by atoms with Crippen molar-refractivity contribution in [1.82, 2.24) is 0 Å². The summed E-state index contributed by atoms with van der Waals surface area (Å²) in [5, 5.41) is 0. The highest BCUT2D eigenvalue weighted by Gasteiger charge is 2.13. The molecule has 0 saturated carbocycles. The second-order valence-corrected chi connectivity index (χ2v) is 6.38. The minimum absolute atomic E-state index is 0.00633. The molecule has 1 N–H and O–H groups in total. The van der Waals surface area contributed by atoms with E-state index in [-0.39, 0.29) is 5.75 Å². The molecule has 100 valence electrons. The van der Waals surface area contributed by atoms with Gasteiger partial charge in [0.05, 0.1) is 5.75 Å². The number of anilines is 1. The lowest BCUT2D eigenvalue weighted by atomic mass is 10.1. The van der Waals surface area contributed by atoms with Gasteiger partial charge in [-0.25, -0.2) is 8.42 Å². The normalized spacial score (nSPS) is 11.3. The standard InChI is InChI=1S/C15H17NO2S/c1-12-6-5-9-15(10-12)16-19(17,18)11-14-8-4-3-7-13(14)2/h3-10,16H,11H2,1-2H3.